The smallest absolute Gasteiger partial charge is 0.263 e. The van der Waals surface area contributed by atoms with Crippen LogP contribution in [0.2, 0.25) is 0 Å². The average molecular weight is 575 g/mol. The molecule has 10 heteroatoms. The van der Waals surface area contributed by atoms with E-state index in [4.69, 9.17) is 4.74 Å². The lowest BCUT2D eigenvalue weighted by atomic mass is 10.1. The van der Waals surface area contributed by atoms with Gasteiger partial charge in [-0.05, 0) is 81.0 Å². The van der Waals surface area contributed by atoms with E-state index in [0.717, 1.165) is 52.9 Å². The summed E-state index contributed by atoms with van der Waals surface area (Å²) in [6.07, 6.45) is 4.21. The number of amides is 1. The number of hydrogen-bond acceptors (Lipinski definition) is 5. The molecule has 0 radical (unpaired) electrons. The van der Waals surface area contributed by atoms with E-state index in [1.54, 1.807) is 6.20 Å². The van der Waals surface area contributed by atoms with Crippen molar-refractivity contribution in [3.8, 4) is 17.6 Å². The zero-order valence-corrected chi connectivity index (χ0v) is 23.2. The third-order valence-corrected chi connectivity index (χ3v) is 7.36. The van der Waals surface area contributed by atoms with Gasteiger partial charge in [-0.15, -0.1) is 0 Å². The Hall–Kier alpha value is -4.62. The second kappa shape index (κ2) is 12.5. The summed E-state index contributed by atoms with van der Waals surface area (Å²) >= 11 is 0. The van der Waals surface area contributed by atoms with Gasteiger partial charge in [-0.2, -0.15) is 0 Å². The number of carbonyl (C=O) groups is 1. The highest BCUT2D eigenvalue weighted by Gasteiger charge is 2.21. The van der Waals surface area contributed by atoms with Gasteiger partial charge in [-0.25, -0.2) is 13.2 Å². The van der Waals surface area contributed by atoms with Crippen molar-refractivity contribution in [3.63, 3.8) is 0 Å². The maximum atomic E-state index is 13.7. The lowest BCUT2D eigenvalue weighted by Crippen LogP contribution is -2.34. The van der Waals surface area contributed by atoms with Gasteiger partial charge in [0.2, 0.25) is 0 Å². The molecule has 5 rings (SSSR count). The molecule has 1 aliphatic rings. The summed E-state index contributed by atoms with van der Waals surface area (Å²) in [5.74, 6) is 2.17. The Labute approximate surface area is 240 Å². The summed E-state index contributed by atoms with van der Waals surface area (Å²) in [5, 5.41) is 3.46. The van der Waals surface area contributed by atoms with Gasteiger partial charge >= 0.3 is 0 Å². The number of hydrogen-bond donors (Lipinski definition) is 1. The van der Waals surface area contributed by atoms with Crippen LogP contribution in [0.25, 0.3) is 10.9 Å². The molecule has 0 bridgehead atoms. The van der Waals surface area contributed by atoms with Crippen LogP contribution in [0.1, 0.15) is 40.9 Å². The van der Waals surface area contributed by atoms with Gasteiger partial charge in [0, 0.05) is 35.8 Å². The van der Waals surface area contributed by atoms with Gasteiger partial charge in [0.05, 0.1) is 24.7 Å². The van der Waals surface area contributed by atoms with Crippen molar-refractivity contribution in [1.82, 2.24) is 19.8 Å². The van der Waals surface area contributed by atoms with Crippen LogP contribution < -0.4 is 15.6 Å². The fourth-order valence-electron chi connectivity index (χ4n) is 5.03. The fraction of sp³-hybridized carbons (Fsp3) is 0.281. The minimum absolute atomic E-state index is 0.0270. The molecule has 1 N–H and O–H groups in total. The maximum Gasteiger partial charge on any atom is 0.263 e. The second-order valence-electron chi connectivity index (χ2n) is 10.4. The first-order valence-corrected chi connectivity index (χ1v) is 13.5. The molecule has 1 saturated heterocycles. The number of rotatable bonds is 7. The number of benzene rings is 2. The molecule has 7 nitrogen and oxygen atoms in total. The first-order chi connectivity index (χ1) is 20.2. The van der Waals surface area contributed by atoms with Crippen LogP contribution in [0.15, 0.2) is 65.7 Å². The number of nitrogens with zero attached hydrogens (tertiary/aromatic N) is 3. The monoisotopic (exact) mass is 574 g/mol. The van der Waals surface area contributed by atoms with Crippen LogP contribution in [-0.4, -0.2) is 53.6 Å². The largest absolute Gasteiger partial charge is 0.492 e. The summed E-state index contributed by atoms with van der Waals surface area (Å²) in [6, 6.07) is 11.0. The average Bonchev–Trinajstić information content (AvgIpc) is 3.41. The third kappa shape index (κ3) is 6.31. The fourth-order valence-corrected chi connectivity index (χ4v) is 5.03. The maximum absolute atomic E-state index is 13.7. The summed E-state index contributed by atoms with van der Waals surface area (Å²) < 4.78 is 48.1. The Bertz CT molecular complexity index is 1740. The van der Waals surface area contributed by atoms with Crippen molar-refractivity contribution in [1.29, 1.82) is 0 Å². The van der Waals surface area contributed by atoms with E-state index in [0.29, 0.717) is 18.1 Å². The molecule has 1 fully saturated rings. The van der Waals surface area contributed by atoms with Crippen molar-refractivity contribution in [2.45, 2.75) is 19.4 Å². The van der Waals surface area contributed by atoms with Gasteiger partial charge in [-0.3, -0.25) is 14.6 Å². The summed E-state index contributed by atoms with van der Waals surface area (Å²) in [5.41, 5.74) is 0.711. The van der Waals surface area contributed by atoms with Crippen molar-refractivity contribution >= 4 is 16.8 Å². The molecule has 1 unspecified atom stereocenters. The van der Waals surface area contributed by atoms with Crippen LogP contribution in [0.4, 0.5) is 13.2 Å². The molecule has 0 aliphatic carbocycles. The molecule has 0 spiro atoms. The van der Waals surface area contributed by atoms with Gasteiger partial charge in [-0.1, -0.05) is 11.8 Å². The molecule has 2 aromatic heterocycles. The number of nitrogens with one attached hydrogen (secondary N) is 1. The lowest BCUT2D eigenvalue weighted by molar-refractivity contribution is 0.0956. The van der Waals surface area contributed by atoms with Crippen LogP contribution in [0.5, 0.6) is 5.75 Å². The number of aromatic nitrogens is 2. The lowest BCUT2D eigenvalue weighted by Gasteiger charge is -2.17. The number of pyridine rings is 2. The van der Waals surface area contributed by atoms with E-state index in [1.165, 1.54) is 25.3 Å². The Kier molecular flexibility index (Phi) is 8.59. The topological polar surface area (TPSA) is 76.5 Å². The van der Waals surface area contributed by atoms with Crippen LogP contribution in [0, 0.1) is 35.2 Å². The highest BCUT2D eigenvalue weighted by molar-refractivity contribution is 5.94. The SMILES string of the molecule is CC(c1cc(F)c(F)c(F)c1)n1cccc(C(=O)NCC#Cc2ccc3nccc(OC[C@@H]4CCN(C)C4)c3c2)c1=O. The van der Waals surface area contributed by atoms with Crippen LogP contribution >= 0.6 is 0 Å². The molecule has 1 aliphatic heterocycles. The molecule has 0 saturated carbocycles. The van der Waals surface area contributed by atoms with E-state index in [1.807, 2.05) is 24.3 Å². The molecule has 216 valence electrons. The third-order valence-electron chi connectivity index (χ3n) is 7.36. The molecule has 1 amide bonds. The number of likely N-dealkylation sites (tertiary alicyclic amines) is 1. The summed E-state index contributed by atoms with van der Waals surface area (Å²) in [6.45, 7) is 4.20. The van der Waals surface area contributed by atoms with Crippen molar-refractivity contribution < 1.29 is 22.7 Å². The Morgan fingerprint density at radius 1 is 1.17 bits per heavy atom. The van der Waals surface area contributed by atoms with Crippen LogP contribution in [0.3, 0.4) is 0 Å². The quantitative estimate of drug-likeness (QED) is 0.259. The normalized spacial score (nSPS) is 15.7. The summed E-state index contributed by atoms with van der Waals surface area (Å²) in [7, 11) is 2.11. The second-order valence-corrected chi connectivity index (χ2v) is 10.4. The molecule has 2 aromatic carbocycles. The van der Waals surface area contributed by atoms with Gasteiger partial charge in [0.1, 0.15) is 11.3 Å². The number of fused-ring (bicyclic) bond motifs is 1. The van der Waals surface area contributed by atoms with Crippen molar-refractivity contribution in [2.24, 2.45) is 5.92 Å². The number of ether oxygens (including phenoxy) is 1. The first kappa shape index (κ1) is 28.9. The Morgan fingerprint density at radius 3 is 2.69 bits per heavy atom. The van der Waals surface area contributed by atoms with E-state index < -0.39 is 35.0 Å². The standard InChI is InChI=1S/C32H29F3N4O3/c1-20(23-16-26(33)30(35)27(34)17-23)39-13-4-6-24(32(39)41)31(40)37-11-3-5-21-7-8-28-25(15-21)29(9-12-36-28)42-19-22-10-14-38(2)18-22/h4,6-9,12-13,15-17,20,22H,10-11,14,18-19H2,1-2H3,(H,37,40)/t20?,22-/m1/s1. The highest BCUT2D eigenvalue weighted by Crippen LogP contribution is 2.26. The van der Waals surface area contributed by atoms with E-state index >= 15 is 0 Å². The Morgan fingerprint density at radius 2 is 1.95 bits per heavy atom. The summed E-state index contributed by atoms with van der Waals surface area (Å²) in [4.78, 5) is 32.5. The van der Waals surface area contributed by atoms with Gasteiger partial charge in [0.25, 0.3) is 11.5 Å². The van der Waals surface area contributed by atoms with E-state index in [-0.39, 0.29) is 17.7 Å². The minimum atomic E-state index is -1.59. The minimum Gasteiger partial charge on any atom is -0.492 e. The molecule has 42 heavy (non-hydrogen) atoms. The molecular formula is C32H29F3N4O3. The highest BCUT2D eigenvalue weighted by atomic mass is 19.2. The molecule has 4 aromatic rings. The zero-order chi connectivity index (χ0) is 29.8. The molecule has 2 atom stereocenters. The number of halogens is 3. The zero-order valence-electron chi connectivity index (χ0n) is 23.2. The predicted molar refractivity (Wildman–Crippen MR) is 153 cm³/mol. The van der Waals surface area contributed by atoms with E-state index in [2.05, 4.69) is 34.1 Å². The molecule has 3 heterocycles. The Balaban J connectivity index is 1.25. The first-order valence-electron chi connectivity index (χ1n) is 13.5. The van der Waals surface area contributed by atoms with Crippen LogP contribution in [-0.2, 0) is 0 Å². The van der Waals surface area contributed by atoms with Crippen molar-refractivity contribution in [3.05, 3.63) is 105 Å². The number of carbonyl (C=O) groups excluding carboxylic acids is 1. The van der Waals surface area contributed by atoms with E-state index in [9.17, 15) is 22.8 Å². The van der Waals surface area contributed by atoms with Crippen molar-refractivity contribution in [2.75, 3.05) is 33.3 Å². The van der Waals surface area contributed by atoms with Gasteiger partial charge in [0.15, 0.2) is 17.5 Å². The molecular weight excluding hydrogens is 545 g/mol. The predicted octanol–water partition coefficient (Wildman–Crippen LogP) is 4.54. The van der Waals surface area contributed by atoms with Gasteiger partial charge < -0.3 is 19.5 Å².